The van der Waals surface area contributed by atoms with Gasteiger partial charge >= 0.3 is 5.97 Å². The number of rotatable bonds is 13. The number of hydrogen-bond acceptors (Lipinski definition) is 5. The zero-order chi connectivity index (χ0) is 20.8. The fourth-order valence-corrected chi connectivity index (χ4v) is 2.86. The fraction of sp³-hybridized carbons (Fsp3) is 0.591. The number of ether oxygens (including phenoxy) is 1. The molecule has 28 heavy (non-hydrogen) atoms. The van der Waals surface area contributed by atoms with Crippen molar-refractivity contribution in [1.82, 2.24) is 0 Å². The maximum Gasteiger partial charge on any atom is 0.303 e. The summed E-state index contributed by atoms with van der Waals surface area (Å²) in [6.07, 6.45) is 15.4. The van der Waals surface area contributed by atoms with Gasteiger partial charge in [-0.1, -0.05) is 55.5 Å². The fourth-order valence-electron chi connectivity index (χ4n) is 2.86. The van der Waals surface area contributed by atoms with Crippen molar-refractivity contribution in [1.29, 1.82) is 0 Å². The van der Waals surface area contributed by atoms with Crippen LogP contribution in [-0.4, -0.2) is 56.9 Å². The molecule has 0 amide bonds. The van der Waals surface area contributed by atoms with Crippen molar-refractivity contribution in [2.75, 3.05) is 0 Å². The van der Waals surface area contributed by atoms with Gasteiger partial charge in [-0.05, 0) is 32.1 Å². The van der Waals surface area contributed by atoms with Crippen molar-refractivity contribution < 1.29 is 30.0 Å². The maximum atomic E-state index is 10.6. The molecule has 5 atom stereocenters. The van der Waals surface area contributed by atoms with Gasteiger partial charge in [-0.3, -0.25) is 4.79 Å². The molecule has 0 radical (unpaired) electrons. The van der Waals surface area contributed by atoms with Crippen molar-refractivity contribution >= 4 is 5.97 Å². The van der Waals surface area contributed by atoms with Gasteiger partial charge in [-0.15, -0.1) is 0 Å². The van der Waals surface area contributed by atoms with Gasteiger partial charge in [0.05, 0.1) is 24.4 Å². The van der Waals surface area contributed by atoms with E-state index in [1.807, 2.05) is 12.2 Å². The molecule has 0 aromatic rings. The average Bonchev–Trinajstić information content (AvgIpc) is 3.04. The van der Waals surface area contributed by atoms with Crippen LogP contribution in [0.1, 0.15) is 51.9 Å². The minimum atomic E-state index is -0.978. The summed E-state index contributed by atoms with van der Waals surface area (Å²) in [6.45, 7) is 2.10. The quantitative estimate of drug-likeness (QED) is 0.358. The third-order valence-electron chi connectivity index (χ3n) is 4.45. The largest absolute Gasteiger partial charge is 0.481 e. The molecule has 0 spiro atoms. The van der Waals surface area contributed by atoms with E-state index in [0.717, 1.165) is 19.3 Å². The van der Waals surface area contributed by atoms with Crippen molar-refractivity contribution in [3.8, 4) is 0 Å². The predicted molar refractivity (Wildman–Crippen MR) is 109 cm³/mol. The van der Waals surface area contributed by atoms with Gasteiger partial charge in [0, 0.05) is 12.8 Å². The predicted octanol–water partition coefficient (Wildman–Crippen LogP) is 2.90. The summed E-state index contributed by atoms with van der Waals surface area (Å²) in [5.41, 5.74) is 0. The molecule has 0 aromatic carbocycles. The Bertz CT molecular complexity index is 551. The SMILES string of the molecule is CC/C=C\C/C=C\C/C=C\C[C@@H](O)/C=C/[C@@H]1O[C@H]([C@H](O)CCC(=O)O)C[C@@H]1O. The number of allylic oxidation sites excluding steroid dienone is 5. The van der Waals surface area contributed by atoms with Crippen molar-refractivity contribution in [2.24, 2.45) is 0 Å². The molecule has 1 fully saturated rings. The summed E-state index contributed by atoms with van der Waals surface area (Å²) in [5, 5.41) is 38.7. The first-order valence-corrected chi connectivity index (χ1v) is 9.98. The van der Waals surface area contributed by atoms with Gasteiger partial charge in [0.15, 0.2) is 0 Å². The van der Waals surface area contributed by atoms with E-state index < -0.39 is 36.5 Å². The summed E-state index contributed by atoms with van der Waals surface area (Å²) >= 11 is 0. The lowest BCUT2D eigenvalue weighted by molar-refractivity contribution is -0.138. The first-order valence-electron chi connectivity index (χ1n) is 9.98. The second-order valence-electron chi connectivity index (χ2n) is 6.92. The molecule has 1 aliphatic rings. The normalized spacial score (nSPS) is 25.5. The molecule has 1 saturated heterocycles. The van der Waals surface area contributed by atoms with Gasteiger partial charge in [0.25, 0.3) is 0 Å². The highest BCUT2D eigenvalue weighted by Crippen LogP contribution is 2.25. The molecular weight excluding hydrogens is 360 g/mol. The molecule has 0 unspecified atom stereocenters. The molecule has 4 N–H and O–H groups in total. The van der Waals surface area contributed by atoms with Gasteiger partial charge in [-0.25, -0.2) is 0 Å². The molecule has 1 heterocycles. The molecule has 1 aliphatic heterocycles. The Morgan fingerprint density at radius 3 is 2.39 bits per heavy atom. The van der Waals surface area contributed by atoms with Crippen LogP contribution in [0.3, 0.4) is 0 Å². The molecule has 158 valence electrons. The van der Waals surface area contributed by atoms with Crippen molar-refractivity contribution in [3.05, 3.63) is 48.6 Å². The Kier molecular flexibility index (Phi) is 12.4. The summed E-state index contributed by atoms with van der Waals surface area (Å²) in [7, 11) is 0. The van der Waals surface area contributed by atoms with E-state index in [0.29, 0.717) is 6.42 Å². The molecule has 0 aliphatic carbocycles. The van der Waals surface area contributed by atoms with E-state index in [9.17, 15) is 20.1 Å². The number of aliphatic hydroxyl groups is 3. The molecule has 0 saturated carbocycles. The van der Waals surface area contributed by atoms with E-state index in [-0.39, 0.29) is 19.3 Å². The Labute approximate surface area is 167 Å². The second-order valence-corrected chi connectivity index (χ2v) is 6.92. The minimum Gasteiger partial charge on any atom is -0.481 e. The molecule has 6 heteroatoms. The number of hydrogen-bond donors (Lipinski definition) is 4. The highest BCUT2D eigenvalue weighted by atomic mass is 16.5. The number of carboxylic acid groups (broad SMARTS) is 1. The van der Waals surface area contributed by atoms with Gasteiger partial charge in [-0.2, -0.15) is 0 Å². The van der Waals surface area contributed by atoms with Crippen LogP contribution in [0.25, 0.3) is 0 Å². The van der Waals surface area contributed by atoms with E-state index >= 15 is 0 Å². The van der Waals surface area contributed by atoms with Crippen LogP contribution in [0.5, 0.6) is 0 Å². The maximum absolute atomic E-state index is 10.6. The van der Waals surface area contributed by atoms with Gasteiger partial charge in [0.1, 0.15) is 6.10 Å². The zero-order valence-corrected chi connectivity index (χ0v) is 16.6. The molecule has 6 nitrogen and oxygen atoms in total. The monoisotopic (exact) mass is 394 g/mol. The Hall–Kier alpha value is -1.73. The minimum absolute atomic E-state index is 0.0832. The summed E-state index contributed by atoms with van der Waals surface area (Å²) in [4.78, 5) is 10.6. The van der Waals surface area contributed by atoms with E-state index in [1.54, 1.807) is 12.2 Å². The van der Waals surface area contributed by atoms with E-state index in [2.05, 4.69) is 31.2 Å². The van der Waals surface area contributed by atoms with Crippen LogP contribution in [0, 0.1) is 0 Å². The highest BCUT2D eigenvalue weighted by Gasteiger charge is 2.36. The van der Waals surface area contributed by atoms with E-state index in [4.69, 9.17) is 9.84 Å². The average molecular weight is 395 g/mol. The lowest BCUT2D eigenvalue weighted by Gasteiger charge is -2.17. The van der Waals surface area contributed by atoms with Gasteiger partial charge < -0.3 is 25.2 Å². The standard InChI is InChI=1S/C22H34O6/c1-2-3-4-5-6-7-8-9-10-11-17(23)12-14-20-19(25)16-21(28-20)18(24)13-15-22(26)27/h3-4,6-7,9-10,12,14,17-21,23-25H,2,5,8,11,13,15-16H2,1H3,(H,26,27)/b4-3-,7-6-,10-9-,14-12+/t17-,18-,19+,20+,21+/m1/s1. The van der Waals surface area contributed by atoms with Crippen LogP contribution in [0.4, 0.5) is 0 Å². The third-order valence-corrected chi connectivity index (χ3v) is 4.45. The number of aliphatic carboxylic acids is 1. The van der Waals surface area contributed by atoms with Gasteiger partial charge in [0.2, 0.25) is 0 Å². The molecule has 0 aromatic heterocycles. The molecule has 1 rings (SSSR count). The zero-order valence-electron chi connectivity index (χ0n) is 16.6. The van der Waals surface area contributed by atoms with Crippen LogP contribution < -0.4 is 0 Å². The summed E-state index contributed by atoms with van der Waals surface area (Å²) in [5.74, 6) is -0.978. The van der Waals surface area contributed by atoms with Crippen molar-refractivity contribution in [2.45, 2.75) is 82.4 Å². The Balaban J connectivity index is 2.29. The molecular formula is C22H34O6. The van der Waals surface area contributed by atoms with Crippen LogP contribution in [0.15, 0.2) is 48.6 Å². The first-order chi connectivity index (χ1) is 13.4. The smallest absolute Gasteiger partial charge is 0.303 e. The lowest BCUT2D eigenvalue weighted by Crippen LogP contribution is -2.26. The summed E-state index contributed by atoms with van der Waals surface area (Å²) in [6, 6.07) is 0. The number of carboxylic acids is 1. The highest BCUT2D eigenvalue weighted by molar-refractivity contribution is 5.66. The lowest BCUT2D eigenvalue weighted by atomic mass is 10.0. The van der Waals surface area contributed by atoms with Crippen LogP contribution in [0.2, 0.25) is 0 Å². The number of aliphatic hydroxyl groups excluding tert-OH is 3. The van der Waals surface area contributed by atoms with Crippen LogP contribution in [-0.2, 0) is 9.53 Å². The third kappa shape index (κ3) is 10.6. The number of carbonyl (C=O) groups is 1. The second kappa shape index (κ2) is 14.3. The summed E-state index contributed by atoms with van der Waals surface area (Å²) < 4.78 is 5.59. The molecule has 0 bridgehead atoms. The van der Waals surface area contributed by atoms with Crippen LogP contribution >= 0.6 is 0 Å². The first kappa shape index (κ1) is 24.3. The Morgan fingerprint density at radius 2 is 1.75 bits per heavy atom. The Morgan fingerprint density at radius 1 is 1.11 bits per heavy atom. The van der Waals surface area contributed by atoms with Crippen molar-refractivity contribution in [3.63, 3.8) is 0 Å². The topological polar surface area (TPSA) is 107 Å². The van der Waals surface area contributed by atoms with E-state index in [1.165, 1.54) is 0 Å².